The summed E-state index contributed by atoms with van der Waals surface area (Å²) in [6.07, 6.45) is 3.48. The molecule has 0 bridgehead atoms. The molecule has 90 valence electrons. The first-order valence-corrected chi connectivity index (χ1v) is 5.79. The number of anilines is 1. The number of nitrogens with one attached hydrogen (secondary N) is 2. The van der Waals surface area contributed by atoms with Crippen LogP contribution >= 0.6 is 11.6 Å². The molecule has 3 rings (SSSR count). The molecule has 2 N–H and O–H groups in total. The quantitative estimate of drug-likeness (QED) is 0.743. The number of aromatic amines is 1. The molecule has 2 aromatic heterocycles. The number of aromatic nitrogens is 4. The molecule has 3 aromatic rings. The normalized spacial score (nSPS) is 10.8. The summed E-state index contributed by atoms with van der Waals surface area (Å²) in [4.78, 5) is 8.35. The van der Waals surface area contributed by atoms with Crippen molar-refractivity contribution in [2.45, 2.75) is 0 Å². The Morgan fingerprint density at radius 3 is 2.72 bits per heavy atom. The van der Waals surface area contributed by atoms with E-state index in [1.807, 2.05) is 18.2 Å². The van der Waals surface area contributed by atoms with E-state index in [2.05, 4.69) is 25.5 Å². The Labute approximate surface area is 108 Å². The molecule has 0 amide bonds. The predicted octanol–water partition coefficient (Wildman–Crippen LogP) is 2.72. The maximum atomic E-state index is 5.93. The molecule has 5 nitrogen and oxygen atoms in total. The molecule has 6 heteroatoms. The van der Waals surface area contributed by atoms with Crippen LogP contribution in [0.5, 0.6) is 0 Å². The van der Waals surface area contributed by atoms with Gasteiger partial charge in [-0.25, -0.2) is 9.97 Å². The third kappa shape index (κ3) is 1.78. The first-order chi connectivity index (χ1) is 8.78. The number of fused-ring (bicyclic) bond motifs is 1. The van der Waals surface area contributed by atoms with Gasteiger partial charge in [-0.2, -0.15) is 5.10 Å². The van der Waals surface area contributed by atoms with Gasteiger partial charge in [0.2, 0.25) is 5.95 Å². The Balaban J connectivity index is 2.13. The minimum absolute atomic E-state index is 0.585. The lowest BCUT2D eigenvalue weighted by Crippen LogP contribution is -1.95. The summed E-state index contributed by atoms with van der Waals surface area (Å²) in [5.41, 5.74) is 2.59. The van der Waals surface area contributed by atoms with E-state index in [4.69, 9.17) is 11.6 Å². The lowest BCUT2D eigenvalue weighted by atomic mass is 10.1. The van der Waals surface area contributed by atoms with Crippen molar-refractivity contribution in [1.29, 1.82) is 0 Å². The van der Waals surface area contributed by atoms with E-state index in [1.54, 1.807) is 19.4 Å². The molecule has 1 aromatic carbocycles. The van der Waals surface area contributed by atoms with Crippen molar-refractivity contribution in [3.63, 3.8) is 0 Å². The molecule has 18 heavy (non-hydrogen) atoms. The van der Waals surface area contributed by atoms with Crippen molar-refractivity contribution in [1.82, 2.24) is 20.2 Å². The van der Waals surface area contributed by atoms with Crippen LogP contribution in [0.1, 0.15) is 0 Å². The van der Waals surface area contributed by atoms with Gasteiger partial charge in [0.1, 0.15) is 5.69 Å². The summed E-state index contributed by atoms with van der Waals surface area (Å²) < 4.78 is 0. The molecule has 0 atom stereocenters. The molecule has 0 saturated carbocycles. The van der Waals surface area contributed by atoms with E-state index in [9.17, 15) is 0 Å². The molecule has 0 aliphatic rings. The average Bonchev–Trinajstić information content (AvgIpc) is 2.81. The van der Waals surface area contributed by atoms with Crippen LogP contribution in [-0.4, -0.2) is 27.2 Å². The number of H-pyrrole nitrogens is 1. The first-order valence-electron chi connectivity index (χ1n) is 5.42. The van der Waals surface area contributed by atoms with Gasteiger partial charge >= 0.3 is 0 Å². The number of benzene rings is 1. The van der Waals surface area contributed by atoms with Crippen molar-refractivity contribution in [2.24, 2.45) is 0 Å². The van der Waals surface area contributed by atoms with Gasteiger partial charge in [0.15, 0.2) is 0 Å². The van der Waals surface area contributed by atoms with E-state index in [0.29, 0.717) is 11.0 Å². The summed E-state index contributed by atoms with van der Waals surface area (Å²) in [6, 6.07) is 5.62. The number of rotatable bonds is 2. The van der Waals surface area contributed by atoms with Gasteiger partial charge in [-0.05, 0) is 18.2 Å². The van der Waals surface area contributed by atoms with Crippen LogP contribution in [0.4, 0.5) is 5.95 Å². The lowest BCUT2D eigenvalue weighted by Gasteiger charge is -1.99. The molecule has 2 heterocycles. The van der Waals surface area contributed by atoms with Crippen LogP contribution in [0, 0.1) is 0 Å². The van der Waals surface area contributed by atoms with Crippen LogP contribution in [0.15, 0.2) is 30.6 Å². The molecule has 0 aliphatic heterocycles. The van der Waals surface area contributed by atoms with Crippen molar-refractivity contribution in [2.75, 3.05) is 12.4 Å². The molecular weight excluding hydrogens is 250 g/mol. The van der Waals surface area contributed by atoms with E-state index in [0.717, 1.165) is 22.2 Å². The number of halogens is 1. The highest BCUT2D eigenvalue weighted by atomic mass is 35.5. The minimum Gasteiger partial charge on any atom is -0.357 e. The summed E-state index contributed by atoms with van der Waals surface area (Å²) in [5.74, 6) is 0.585. The van der Waals surface area contributed by atoms with Crippen molar-refractivity contribution in [3.8, 4) is 11.3 Å². The van der Waals surface area contributed by atoms with Gasteiger partial charge < -0.3 is 5.32 Å². The van der Waals surface area contributed by atoms with Crippen LogP contribution in [0.25, 0.3) is 22.2 Å². The third-order valence-electron chi connectivity index (χ3n) is 2.67. The Kier molecular flexibility index (Phi) is 2.60. The average molecular weight is 260 g/mol. The maximum absolute atomic E-state index is 5.93. The second-order valence-electron chi connectivity index (χ2n) is 3.81. The standard InChI is InChI=1S/C12H10ClN5/c1-14-12-15-5-7(6-16-12)11-9-3-2-8(13)4-10(9)17-18-11/h2-6H,1H3,(H,17,18)(H,14,15,16). The molecular formula is C12H10ClN5. The SMILES string of the molecule is CNc1ncc(-c2n[nH]c3cc(Cl)ccc23)cn1. The number of nitrogens with zero attached hydrogens (tertiary/aromatic N) is 3. The fraction of sp³-hybridized carbons (Fsp3) is 0.0833. The predicted molar refractivity (Wildman–Crippen MR) is 71.7 cm³/mol. The number of hydrogen-bond acceptors (Lipinski definition) is 4. The smallest absolute Gasteiger partial charge is 0.222 e. The summed E-state index contributed by atoms with van der Waals surface area (Å²) in [7, 11) is 1.78. The monoisotopic (exact) mass is 259 g/mol. The summed E-state index contributed by atoms with van der Waals surface area (Å²) >= 11 is 5.93. The van der Waals surface area contributed by atoms with Gasteiger partial charge in [-0.15, -0.1) is 0 Å². The van der Waals surface area contributed by atoms with Crippen LogP contribution < -0.4 is 5.32 Å². The van der Waals surface area contributed by atoms with E-state index in [-0.39, 0.29) is 0 Å². The van der Waals surface area contributed by atoms with Gasteiger partial charge in [0.25, 0.3) is 0 Å². The summed E-state index contributed by atoms with van der Waals surface area (Å²) in [5, 5.41) is 11.8. The van der Waals surface area contributed by atoms with Gasteiger partial charge in [-0.3, -0.25) is 5.10 Å². The van der Waals surface area contributed by atoms with Gasteiger partial charge in [0, 0.05) is 35.4 Å². The Morgan fingerprint density at radius 1 is 1.22 bits per heavy atom. The molecule has 0 aliphatic carbocycles. The zero-order chi connectivity index (χ0) is 12.5. The van der Waals surface area contributed by atoms with Crippen LogP contribution in [-0.2, 0) is 0 Å². The third-order valence-corrected chi connectivity index (χ3v) is 2.91. The van der Waals surface area contributed by atoms with E-state index < -0.39 is 0 Å². The Morgan fingerprint density at radius 2 is 2.00 bits per heavy atom. The maximum Gasteiger partial charge on any atom is 0.222 e. The molecule has 0 radical (unpaired) electrons. The zero-order valence-electron chi connectivity index (χ0n) is 9.61. The second-order valence-corrected chi connectivity index (χ2v) is 4.24. The molecule has 0 fully saturated rings. The molecule has 0 spiro atoms. The minimum atomic E-state index is 0.585. The van der Waals surface area contributed by atoms with Gasteiger partial charge in [0.05, 0.1) is 5.52 Å². The molecule has 0 saturated heterocycles. The molecule has 0 unspecified atom stereocenters. The van der Waals surface area contributed by atoms with E-state index in [1.165, 1.54) is 0 Å². The highest BCUT2D eigenvalue weighted by molar-refractivity contribution is 6.31. The second kappa shape index (κ2) is 4.27. The van der Waals surface area contributed by atoms with E-state index >= 15 is 0 Å². The van der Waals surface area contributed by atoms with Crippen molar-refractivity contribution < 1.29 is 0 Å². The largest absolute Gasteiger partial charge is 0.357 e. The fourth-order valence-electron chi connectivity index (χ4n) is 1.79. The van der Waals surface area contributed by atoms with Crippen LogP contribution in [0.3, 0.4) is 0 Å². The lowest BCUT2D eigenvalue weighted by molar-refractivity contribution is 1.10. The highest BCUT2D eigenvalue weighted by Crippen LogP contribution is 2.27. The Hall–Kier alpha value is -2.14. The van der Waals surface area contributed by atoms with Crippen molar-refractivity contribution >= 4 is 28.5 Å². The topological polar surface area (TPSA) is 66.5 Å². The summed E-state index contributed by atoms with van der Waals surface area (Å²) in [6.45, 7) is 0. The highest BCUT2D eigenvalue weighted by Gasteiger charge is 2.09. The zero-order valence-corrected chi connectivity index (χ0v) is 10.4. The Bertz CT molecular complexity index is 689. The number of hydrogen-bond donors (Lipinski definition) is 2. The van der Waals surface area contributed by atoms with Gasteiger partial charge in [-0.1, -0.05) is 11.6 Å². The van der Waals surface area contributed by atoms with Crippen LogP contribution in [0.2, 0.25) is 5.02 Å². The first kappa shape index (κ1) is 11.0. The van der Waals surface area contributed by atoms with Crippen molar-refractivity contribution in [3.05, 3.63) is 35.6 Å². The fourth-order valence-corrected chi connectivity index (χ4v) is 1.96.